The Morgan fingerprint density at radius 1 is 0.818 bits per heavy atom. The molecule has 0 amide bonds. The molecule has 1 N–H and O–H groups in total. The number of rotatable bonds is 2. The number of benzene rings is 3. The zero-order chi connectivity index (χ0) is 15.1. The van der Waals surface area contributed by atoms with E-state index in [2.05, 4.69) is 49.4 Å². The van der Waals surface area contributed by atoms with Crippen molar-refractivity contribution in [2.45, 2.75) is 13.5 Å². The molecule has 1 heterocycles. The van der Waals surface area contributed by atoms with Crippen molar-refractivity contribution in [1.82, 2.24) is 0 Å². The summed E-state index contributed by atoms with van der Waals surface area (Å²) in [4.78, 5) is 0. The van der Waals surface area contributed by atoms with E-state index in [4.69, 9.17) is 0 Å². The van der Waals surface area contributed by atoms with Gasteiger partial charge in [0, 0.05) is 20.2 Å². The van der Waals surface area contributed by atoms with E-state index in [0.717, 1.165) is 11.1 Å². The summed E-state index contributed by atoms with van der Waals surface area (Å²) in [5.41, 5.74) is 4.60. The van der Waals surface area contributed by atoms with Crippen LogP contribution in [0.15, 0.2) is 60.7 Å². The molecule has 0 unspecified atom stereocenters. The molecule has 2 heteroatoms. The van der Waals surface area contributed by atoms with E-state index in [1.54, 1.807) is 0 Å². The van der Waals surface area contributed by atoms with Crippen LogP contribution in [-0.4, -0.2) is 5.11 Å². The van der Waals surface area contributed by atoms with E-state index in [0.29, 0.717) is 0 Å². The highest BCUT2D eigenvalue weighted by Gasteiger charge is 2.13. The highest BCUT2D eigenvalue weighted by Crippen LogP contribution is 2.40. The summed E-state index contributed by atoms with van der Waals surface area (Å²) in [6, 6.07) is 21.0. The molecule has 0 atom stereocenters. The SMILES string of the molecule is Cc1c(-c2ccccc2CO)ccc2sc3ccccc3c12. The Labute approximate surface area is 133 Å². The number of aliphatic hydroxyl groups is 1. The third-order valence-corrected chi connectivity index (χ3v) is 5.42. The van der Waals surface area contributed by atoms with Gasteiger partial charge in [-0.05, 0) is 41.3 Å². The molecule has 4 rings (SSSR count). The zero-order valence-electron chi connectivity index (χ0n) is 12.3. The topological polar surface area (TPSA) is 20.2 Å². The van der Waals surface area contributed by atoms with Crippen LogP contribution < -0.4 is 0 Å². The fourth-order valence-electron chi connectivity index (χ4n) is 3.20. The Morgan fingerprint density at radius 3 is 2.45 bits per heavy atom. The Hall–Kier alpha value is -2.16. The second-order valence-electron chi connectivity index (χ2n) is 5.52. The van der Waals surface area contributed by atoms with Crippen LogP contribution in [-0.2, 0) is 6.61 Å². The smallest absolute Gasteiger partial charge is 0.0687 e. The molecule has 1 aromatic heterocycles. The van der Waals surface area contributed by atoms with Gasteiger partial charge in [0.25, 0.3) is 0 Å². The summed E-state index contributed by atoms with van der Waals surface area (Å²) in [5.74, 6) is 0. The van der Waals surface area contributed by atoms with E-state index < -0.39 is 0 Å². The number of hydrogen-bond acceptors (Lipinski definition) is 2. The highest BCUT2D eigenvalue weighted by atomic mass is 32.1. The molecule has 0 saturated carbocycles. The van der Waals surface area contributed by atoms with Gasteiger partial charge >= 0.3 is 0 Å². The second-order valence-corrected chi connectivity index (χ2v) is 6.61. The number of fused-ring (bicyclic) bond motifs is 3. The molecule has 0 fully saturated rings. The first-order chi connectivity index (χ1) is 10.8. The van der Waals surface area contributed by atoms with Crippen LogP contribution in [0.4, 0.5) is 0 Å². The van der Waals surface area contributed by atoms with E-state index in [1.807, 2.05) is 29.5 Å². The summed E-state index contributed by atoms with van der Waals surface area (Å²) >= 11 is 1.84. The maximum Gasteiger partial charge on any atom is 0.0687 e. The maximum absolute atomic E-state index is 9.62. The Balaban J connectivity index is 2.07. The minimum atomic E-state index is 0.0675. The first-order valence-corrected chi connectivity index (χ1v) is 8.21. The monoisotopic (exact) mass is 304 g/mol. The second kappa shape index (κ2) is 5.24. The normalized spacial score (nSPS) is 11.4. The van der Waals surface area contributed by atoms with Gasteiger partial charge in [-0.15, -0.1) is 11.3 Å². The van der Waals surface area contributed by atoms with Gasteiger partial charge in [-0.2, -0.15) is 0 Å². The van der Waals surface area contributed by atoms with Gasteiger partial charge in [0.2, 0.25) is 0 Å². The van der Waals surface area contributed by atoms with Crippen LogP contribution in [0, 0.1) is 6.92 Å². The van der Waals surface area contributed by atoms with Crippen LogP contribution >= 0.6 is 11.3 Å². The average molecular weight is 304 g/mol. The average Bonchev–Trinajstić information content (AvgIpc) is 2.94. The molecule has 0 aliphatic rings. The fourth-order valence-corrected chi connectivity index (χ4v) is 4.36. The van der Waals surface area contributed by atoms with Crippen LogP contribution in [0.1, 0.15) is 11.1 Å². The van der Waals surface area contributed by atoms with E-state index in [1.165, 1.54) is 31.3 Å². The minimum absolute atomic E-state index is 0.0675. The van der Waals surface area contributed by atoms with Crippen molar-refractivity contribution < 1.29 is 5.11 Å². The number of hydrogen-bond donors (Lipinski definition) is 1. The Bertz CT molecular complexity index is 982. The Kier molecular flexibility index (Phi) is 3.21. The third-order valence-electron chi connectivity index (χ3n) is 4.28. The largest absolute Gasteiger partial charge is 0.392 e. The van der Waals surface area contributed by atoms with E-state index in [9.17, 15) is 5.11 Å². The number of aryl methyl sites for hydroxylation is 1. The van der Waals surface area contributed by atoms with Crippen molar-refractivity contribution in [1.29, 1.82) is 0 Å². The van der Waals surface area contributed by atoms with E-state index in [-0.39, 0.29) is 6.61 Å². The summed E-state index contributed by atoms with van der Waals surface area (Å²) in [6.45, 7) is 2.25. The molecular formula is C20H16OS. The lowest BCUT2D eigenvalue weighted by molar-refractivity contribution is 0.282. The molecule has 1 nitrogen and oxygen atoms in total. The van der Waals surface area contributed by atoms with Crippen molar-refractivity contribution in [3.8, 4) is 11.1 Å². The molecule has 0 radical (unpaired) electrons. The minimum Gasteiger partial charge on any atom is -0.392 e. The van der Waals surface area contributed by atoms with Gasteiger partial charge in [0.15, 0.2) is 0 Å². The van der Waals surface area contributed by atoms with Crippen molar-refractivity contribution in [2.75, 3.05) is 0 Å². The molecule has 0 spiro atoms. The van der Waals surface area contributed by atoms with Gasteiger partial charge in [-0.3, -0.25) is 0 Å². The zero-order valence-corrected chi connectivity index (χ0v) is 13.2. The lowest BCUT2D eigenvalue weighted by atomic mass is 9.93. The Morgan fingerprint density at radius 2 is 1.59 bits per heavy atom. The lowest BCUT2D eigenvalue weighted by Gasteiger charge is -2.11. The molecule has 0 bridgehead atoms. The van der Waals surface area contributed by atoms with Crippen molar-refractivity contribution in [2.24, 2.45) is 0 Å². The molecule has 0 aliphatic carbocycles. The van der Waals surface area contributed by atoms with Crippen LogP contribution in [0.5, 0.6) is 0 Å². The van der Waals surface area contributed by atoms with Gasteiger partial charge in [0.05, 0.1) is 6.61 Å². The molecule has 108 valence electrons. The van der Waals surface area contributed by atoms with Crippen LogP contribution in [0.2, 0.25) is 0 Å². The maximum atomic E-state index is 9.62. The van der Waals surface area contributed by atoms with Gasteiger partial charge in [0.1, 0.15) is 0 Å². The molecule has 22 heavy (non-hydrogen) atoms. The van der Waals surface area contributed by atoms with Gasteiger partial charge in [-0.1, -0.05) is 48.5 Å². The van der Waals surface area contributed by atoms with Gasteiger partial charge in [-0.25, -0.2) is 0 Å². The quantitative estimate of drug-likeness (QED) is 0.517. The number of aliphatic hydroxyl groups excluding tert-OH is 1. The summed E-state index contributed by atoms with van der Waals surface area (Å²) in [7, 11) is 0. The fraction of sp³-hybridized carbons (Fsp3) is 0.100. The number of thiophene rings is 1. The van der Waals surface area contributed by atoms with Crippen molar-refractivity contribution >= 4 is 31.5 Å². The molecule has 0 saturated heterocycles. The molecule has 3 aromatic carbocycles. The highest BCUT2D eigenvalue weighted by molar-refractivity contribution is 7.25. The predicted octanol–water partition coefficient (Wildman–Crippen LogP) is 5.52. The third kappa shape index (κ3) is 1.96. The lowest BCUT2D eigenvalue weighted by Crippen LogP contribution is -1.91. The van der Waals surface area contributed by atoms with Crippen LogP contribution in [0.25, 0.3) is 31.3 Å². The summed E-state index contributed by atoms with van der Waals surface area (Å²) in [6.07, 6.45) is 0. The molecular weight excluding hydrogens is 288 g/mol. The van der Waals surface area contributed by atoms with Crippen molar-refractivity contribution in [3.05, 3.63) is 71.8 Å². The first kappa shape index (κ1) is 13.5. The molecule has 4 aromatic rings. The standard InChI is InChI=1S/C20H16OS/c1-13-15(16-7-3-2-6-14(16)12-21)10-11-19-20(13)17-8-4-5-9-18(17)22-19/h2-11,21H,12H2,1H3. The summed E-state index contributed by atoms with van der Waals surface area (Å²) in [5, 5.41) is 12.3. The summed E-state index contributed by atoms with van der Waals surface area (Å²) < 4.78 is 2.65. The predicted molar refractivity (Wildman–Crippen MR) is 95.4 cm³/mol. The van der Waals surface area contributed by atoms with Gasteiger partial charge < -0.3 is 5.11 Å². The molecule has 0 aliphatic heterocycles. The van der Waals surface area contributed by atoms with Crippen LogP contribution in [0.3, 0.4) is 0 Å². The van der Waals surface area contributed by atoms with Crippen molar-refractivity contribution in [3.63, 3.8) is 0 Å². The van der Waals surface area contributed by atoms with E-state index >= 15 is 0 Å². The first-order valence-electron chi connectivity index (χ1n) is 7.39.